The van der Waals surface area contributed by atoms with Crippen molar-refractivity contribution in [2.75, 3.05) is 7.11 Å². The molecule has 2 unspecified atom stereocenters. The van der Waals surface area contributed by atoms with E-state index in [-0.39, 0.29) is 23.8 Å². The molecular formula is C14H21NO2. The van der Waals surface area contributed by atoms with Crippen molar-refractivity contribution in [2.24, 2.45) is 17.6 Å². The number of ether oxygens (including phenoxy) is 1. The Balaban J connectivity index is 2.99. The van der Waals surface area contributed by atoms with Gasteiger partial charge in [0.05, 0.1) is 13.0 Å². The number of esters is 1. The molecular weight excluding hydrogens is 214 g/mol. The Morgan fingerprint density at radius 3 is 2.47 bits per heavy atom. The minimum atomic E-state index is -0.317. The van der Waals surface area contributed by atoms with Gasteiger partial charge in [0.15, 0.2) is 0 Å². The highest BCUT2D eigenvalue weighted by molar-refractivity contribution is 5.73. The fraction of sp³-hybridized carbons (Fsp3) is 0.500. The molecule has 2 atom stereocenters. The molecule has 0 radical (unpaired) electrons. The summed E-state index contributed by atoms with van der Waals surface area (Å²) < 4.78 is 4.83. The van der Waals surface area contributed by atoms with Crippen molar-refractivity contribution in [1.29, 1.82) is 0 Å². The van der Waals surface area contributed by atoms with E-state index in [1.807, 2.05) is 45.0 Å². The molecule has 1 aromatic rings. The third-order valence-electron chi connectivity index (χ3n) is 3.01. The summed E-state index contributed by atoms with van der Waals surface area (Å²) in [6.45, 7) is 5.98. The number of hydrogen-bond donors (Lipinski definition) is 1. The lowest BCUT2D eigenvalue weighted by Crippen LogP contribution is -2.33. The standard InChI is InChI=1S/C14H21NO2/c1-9(2)12(14(16)17-4)13(15)11-7-5-6-10(3)8-11/h5-9,12-13H,15H2,1-4H3. The van der Waals surface area contributed by atoms with Crippen LogP contribution in [0.5, 0.6) is 0 Å². The van der Waals surface area contributed by atoms with Gasteiger partial charge in [0.1, 0.15) is 0 Å². The van der Waals surface area contributed by atoms with Crippen LogP contribution in [0.25, 0.3) is 0 Å². The summed E-state index contributed by atoms with van der Waals surface area (Å²) in [4.78, 5) is 11.8. The summed E-state index contributed by atoms with van der Waals surface area (Å²) >= 11 is 0. The lowest BCUT2D eigenvalue weighted by atomic mass is 9.85. The zero-order chi connectivity index (χ0) is 13.0. The highest BCUT2D eigenvalue weighted by atomic mass is 16.5. The lowest BCUT2D eigenvalue weighted by Gasteiger charge is -2.25. The first-order valence-electron chi connectivity index (χ1n) is 5.87. The van der Waals surface area contributed by atoms with Crippen molar-refractivity contribution < 1.29 is 9.53 Å². The summed E-state index contributed by atoms with van der Waals surface area (Å²) in [6, 6.07) is 7.62. The van der Waals surface area contributed by atoms with Gasteiger partial charge in [-0.25, -0.2) is 0 Å². The monoisotopic (exact) mass is 235 g/mol. The minimum absolute atomic E-state index is 0.151. The number of carbonyl (C=O) groups is 1. The Morgan fingerprint density at radius 2 is 2.00 bits per heavy atom. The fourth-order valence-corrected chi connectivity index (χ4v) is 2.05. The van der Waals surface area contributed by atoms with E-state index in [1.54, 1.807) is 0 Å². The number of carbonyl (C=O) groups excluding carboxylic acids is 1. The molecule has 0 fully saturated rings. The maximum absolute atomic E-state index is 11.8. The van der Waals surface area contributed by atoms with Crippen LogP contribution in [0.1, 0.15) is 31.0 Å². The van der Waals surface area contributed by atoms with Crippen molar-refractivity contribution >= 4 is 5.97 Å². The molecule has 3 heteroatoms. The zero-order valence-electron chi connectivity index (χ0n) is 10.9. The second kappa shape index (κ2) is 5.82. The van der Waals surface area contributed by atoms with Crippen molar-refractivity contribution in [3.8, 4) is 0 Å². The number of benzene rings is 1. The molecule has 0 heterocycles. The zero-order valence-corrected chi connectivity index (χ0v) is 10.9. The van der Waals surface area contributed by atoms with Gasteiger partial charge in [0.2, 0.25) is 0 Å². The van der Waals surface area contributed by atoms with Gasteiger partial charge in [-0.2, -0.15) is 0 Å². The first kappa shape index (κ1) is 13.7. The molecule has 0 aliphatic rings. The van der Waals surface area contributed by atoms with Crippen LogP contribution in [0.4, 0.5) is 0 Å². The Morgan fingerprint density at radius 1 is 1.35 bits per heavy atom. The predicted octanol–water partition coefficient (Wildman–Crippen LogP) is 2.44. The van der Waals surface area contributed by atoms with Crippen molar-refractivity contribution in [3.63, 3.8) is 0 Å². The van der Waals surface area contributed by atoms with Gasteiger partial charge in [0.25, 0.3) is 0 Å². The smallest absolute Gasteiger partial charge is 0.310 e. The summed E-state index contributed by atoms with van der Waals surface area (Å²) in [5.74, 6) is -0.395. The van der Waals surface area contributed by atoms with Gasteiger partial charge >= 0.3 is 5.97 Å². The number of aryl methyl sites for hydroxylation is 1. The van der Waals surface area contributed by atoms with E-state index in [2.05, 4.69) is 0 Å². The van der Waals surface area contributed by atoms with E-state index in [4.69, 9.17) is 10.5 Å². The second-order valence-electron chi connectivity index (χ2n) is 4.73. The van der Waals surface area contributed by atoms with Crippen LogP contribution < -0.4 is 5.73 Å². The van der Waals surface area contributed by atoms with Gasteiger partial charge in [0, 0.05) is 6.04 Å². The maximum Gasteiger partial charge on any atom is 0.310 e. The molecule has 0 aliphatic carbocycles. The highest BCUT2D eigenvalue weighted by Crippen LogP contribution is 2.27. The quantitative estimate of drug-likeness (QED) is 0.815. The molecule has 94 valence electrons. The number of rotatable bonds is 4. The van der Waals surface area contributed by atoms with Gasteiger partial charge in [-0.1, -0.05) is 43.7 Å². The van der Waals surface area contributed by atoms with Crippen LogP contribution in [0.15, 0.2) is 24.3 Å². The largest absolute Gasteiger partial charge is 0.469 e. The minimum Gasteiger partial charge on any atom is -0.469 e. The third kappa shape index (κ3) is 3.30. The summed E-state index contributed by atoms with van der Waals surface area (Å²) in [5, 5.41) is 0. The van der Waals surface area contributed by atoms with E-state index < -0.39 is 0 Å². The Kier molecular flexibility index (Phi) is 4.70. The molecule has 1 rings (SSSR count). The van der Waals surface area contributed by atoms with Crippen LogP contribution in [0.2, 0.25) is 0 Å². The molecule has 3 nitrogen and oxygen atoms in total. The van der Waals surface area contributed by atoms with Gasteiger partial charge in [-0.15, -0.1) is 0 Å². The van der Waals surface area contributed by atoms with E-state index in [1.165, 1.54) is 7.11 Å². The summed E-state index contributed by atoms with van der Waals surface area (Å²) in [6.07, 6.45) is 0. The van der Waals surface area contributed by atoms with Gasteiger partial charge < -0.3 is 10.5 Å². The van der Waals surface area contributed by atoms with Crippen LogP contribution in [-0.4, -0.2) is 13.1 Å². The topological polar surface area (TPSA) is 52.3 Å². The third-order valence-corrected chi connectivity index (χ3v) is 3.01. The lowest BCUT2D eigenvalue weighted by molar-refractivity contribution is -0.147. The molecule has 0 aromatic heterocycles. The van der Waals surface area contributed by atoms with E-state index in [0.29, 0.717) is 0 Å². The molecule has 0 aliphatic heterocycles. The maximum atomic E-state index is 11.8. The summed E-state index contributed by atoms with van der Waals surface area (Å²) in [7, 11) is 1.40. The van der Waals surface area contributed by atoms with E-state index in [9.17, 15) is 4.79 Å². The molecule has 0 saturated carbocycles. The van der Waals surface area contributed by atoms with Crippen LogP contribution in [0, 0.1) is 18.8 Å². The van der Waals surface area contributed by atoms with Crippen LogP contribution in [0.3, 0.4) is 0 Å². The molecule has 0 bridgehead atoms. The fourth-order valence-electron chi connectivity index (χ4n) is 2.05. The average Bonchev–Trinajstić information content (AvgIpc) is 2.28. The molecule has 17 heavy (non-hydrogen) atoms. The molecule has 0 spiro atoms. The van der Waals surface area contributed by atoms with E-state index in [0.717, 1.165) is 11.1 Å². The first-order chi connectivity index (χ1) is 7.97. The van der Waals surface area contributed by atoms with Crippen molar-refractivity contribution in [2.45, 2.75) is 26.8 Å². The Hall–Kier alpha value is -1.35. The van der Waals surface area contributed by atoms with Gasteiger partial charge in [-0.3, -0.25) is 4.79 Å². The number of hydrogen-bond acceptors (Lipinski definition) is 3. The molecule has 0 amide bonds. The predicted molar refractivity (Wildman–Crippen MR) is 68.5 cm³/mol. The van der Waals surface area contributed by atoms with Crippen molar-refractivity contribution in [1.82, 2.24) is 0 Å². The normalized spacial score (nSPS) is 14.5. The second-order valence-corrected chi connectivity index (χ2v) is 4.73. The SMILES string of the molecule is COC(=O)C(C(C)C)C(N)c1cccc(C)c1. The Bertz CT molecular complexity index is 388. The van der Waals surface area contributed by atoms with E-state index >= 15 is 0 Å². The van der Waals surface area contributed by atoms with Gasteiger partial charge in [-0.05, 0) is 18.4 Å². The number of nitrogens with two attached hydrogens (primary N) is 1. The highest BCUT2D eigenvalue weighted by Gasteiger charge is 2.30. The molecule has 2 N–H and O–H groups in total. The molecule has 1 aromatic carbocycles. The number of methoxy groups -OCH3 is 1. The Labute approximate surface area is 103 Å². The van der Waals surface area contributed by atoms with Crippen molar-refractivity contribution in [3.05, 3.63) is 35.4 Å². The van der Waals surface area contributed by atoms with Crippen LogP contribution >= 0.6 is 0 Å². The summed E-state index contributed by atoms with van der Waals surface area (Å²) in [5.41, 5.74) is 8.31. The average molecular weight is 235 g/mol. The molecule has 0 saturated heterocycles. The van der Waals surface area contributed by atoms with Crippen LogP contribution in [-0.2, 0) is 9.53 Å². The first-order valence-corrected chi connectivity index (χ1v) is 5.87.